The summed E-state index contributed by atoms with van der Waals surface area (Å²) in [6.45, 7) is 10.8. The third-order valence-corrected chi connectivity index (χ3v) is 2.58. The van der Waals surface area contributed by atoms with Gasteiger partial charge in [-0.25, -0.2) is 5.01 Å². The molecule has 0 amide bonds. The maximum Gasteiger partial charge on any atom is 0.0483 e. The van der Waals surface area contributed by atoms with Crippen molar-refractivity contribution in [3.63, 3.8) is 0 Å². The van der Waals surface area contributed by atoms with Crippen molar-refractivity contribution >= 4 is 0 Å². The van der Waals surface area contributed by atoms with Crippen molar-refractivity contribution in [1.82, 2.24) is 5.01 Å². The van der Waals surface area contributed by atoms with Crippen LogP contribution in [0.25, 0.3) is 0 Å². The molecule has 70 valence electrons. The molecule has 2 heteroatoms. The van der Waals surface area contributed by atoms with Gasteiger partial charge in [0.1, 0.15) is 0 Å². The first-order valence-electron chi connectivity index (χ1n) is 4.49. The Kier molecular flexibility index (Phi) is 2.09. The first kappa shape index (κ1) is 9.75. The van der Waals surface area contributed by atoms with Gasteiger partial charge in [0, 0.05) is 11.1 Å². The van der Waals surface area contributed by atoms with Crippen LogP contribution >= 0.6 is 0 Å². The van der Waals surface area contributed by atoms with E-state index >= 15 is 0 Å². The molecule has 0 fully saturated rings. The van der Waals surface area contributed by atoms with Gasteiger partial charge in [0.2, 0.25) is 0 Å². The van der Waals surface area contributed by atoms with Gasteiger partial charge in [-0.3, -0.25) is 5.84 Å². The summed E-state index contributed by atoms with van der Waals surface area (Å²) in [5.74, 6) is 6.04. The highest BCUT2D eigenvalue weighted by Crippen LogP contribution is 2.33. The van der Waals surface area contributed by atoms with Gasteiger partial charge in [-0.05, 0) is 41.0 Å². The summed E-state index contributed by atoms with van der Waals surface area (Å²) < 4.78 is 0. The molecule has 0 radical (unpaired) electrons. The summed E-state index contributed by atoms with van der Waals surface area (Å²) in [7, 11) is 0. The van der Waals surface area contributed by atoms with Crippen molar-refractivity contribution in [3.05, 3.63) is 11.6 Å². The molecule has 0 aromatic carbocycles. The molecular formula is C10H20N2. The second-order valence-corrected chi connectivity index (χ2v) is 5.00. The second kappa shape index (κ2) is 2.57. The van der Waals surface area contributed by atoms with Crippen molar-refractivity contribution in [1.29, 1.82) is 0 Å². The largest absolute Gasteiger partial charge is 0.267 e. The summed E-state index contributed by atoms with van der Waals surface area (Å²) >= 11 is 0. The van der Waals surface area contributed by atoms with E-state index in [4.69, 9.17) is 5.84 Å². The highest BCUT2D eigenvalue weighted by molar-refractivity contribution is 5.18. The normalized spacial score (nSPS) is 28.3. The Bertz CT molecular complexity index is 214. The van der Waals surface area contributed by atoms with Gasteiger partial charge in [-0.1, -0.05) is 11.6 Å². The van der Waals surface area contributed by atoms with Crippen LogP contribution in [-0.2, 0) is 0 Å². The van der Waals surface area contributed by atoms with E-state index in [1.165, 1.54) is 5.57 Å². The molecule has 0 aromatic heterocycles. The molecule has 1 aliphatic heterocycles. The second-order valence-electron chi connectivity index (χ2n) is 5.00. The van der Waals surface area contributed by atoms with Crippen LogP contribution < -0.4 is 5.84 Å². The molecule has 2 nitrogen and oxygen atoms in total. The maximum absolute atomic E-state index is 6.04. The molecule has 0 saturated carbocycles. The molecule has 0 unspecified atom stereocenters. The SMILES string of the molecule is CC1=CC(C)(C)N(N)C(C)(C)C1. The topological polar surface area (TPSA) is 29.3 Å². The minimum absolute atomic E-state index is 0.00810. The zero-order valence-corrected chi connectivity index (χ0v) is 8.81. The minimum atomic E-state index is -0.00810. The molecule has 0 spiro atoms. The van der Waals surface area contributed by atoms with E-state index < -0.39 is 0 Å². The minimum Gasteiger partial charge on any atom is -0.267 e. The summed E-state index contributed by atoms with van der Waals surface area (Å²) in [4.78, 5) is 0. The summed E-state index contributed by atoms with van der Waals surface area (Å²) in [6, 6.07) is 0. The lowest BCUT2D eigenvalue weighted by molar-refractivity contribution is 0.0314. The molecule has 0 bridgehead atoms. The van der Waals surface area contributed by atoms with E-state index in [1.807, 2.05) is 5.01 Å². The first-order valence-corrected chi connectivity index (χ1v) is 4.49. The van der Waals surface area contributed by atoms with Crippen LogP contribution in [0.1, 0.15) is 41.0 Å². The Labute approximate surface area is 75.4 Å². The monoisotopic (exact) mass is 168 g/mol. The number of nitrogens with zero attached hydrogens (tertiary/aromatic N) is 1. The lowest BCUT2D eigenvalue weighted by atomic mass is 9.83. The highest BCUT2D eigenvalue weighted by Gasteiger charge is 2.37. The zero-order chi connectivity index (χ0) is 9.57. The number of nitrogens with two attached hydrogens (primary N) is 1. The van der Waals surface area contributed by atoms with Crippen molar-refractivity contribution in [2.45, 2.75) is 52.1 Å². The predicted octanol–water partition coefficient (Wildman–Crippen LogP) is 2.07. The van der Waals surface area contributed by atoms with E-state index in [1.54, 1.807) is 0 Å². The van der Waals surface area contributed by atoms with Gasteiger partial charge < -0.3 is 0 Å². The maximum atomic E-state index is 6.04. The molecular weight excluding hydrogens is 148 g/mol. The molecule has 0 atom stereocenters. The Morgan fingerprint density at radius 2 is 1.83 bits per heavy atom. The average molecular weight is 168 g/mol. The fourth-order valence-electron chi connectivity index (χ4n) is 2.27. The molecule has 2 N–H and O–H groups in total. The molecule has 0 aliphatic carbocycles. The van der Waals surface area contributed by atoms with Crippen molar-refractivity contribution in [2.75, 3.05) is 0 Å². The number of hydrazine groups is 1. The zero-order valence-electron chi connectivity index (χ0n) is 8.81. The highest BCUT2D eigenvalue weighted by atomic mass is 15.5. The van der Waals surface area contributed by atoms with E-state index in [2.05, 4.69) is 40.7 Å². The summed E-state index contributed by atoms with van der Waals surface area (Å²) in [5, 5.41) is 1.95. The lowest BCUT2D eigenvalue weighted by Crippen LogP contribution is -2.60. The first-order chi connectivity index (χ1) is 5.26. The van der Waals surface area contributed by atoms with E-state index in [0.717, 1.165) is 6.42 Å². The molecule has 12 heavy (non-hydrogen) atoms. The van der Waals surface area contributed by atoms with Crippen molar-refractivity contribution < 1.29 is 0 Å². The molecule has 1 rings (SSSR count). The van der Waals surface area contributed by atoms with Crippen LogP contribution in [0, 0.1) is 0 Å². The summed E-state index contributed by atoms with van der Waals surface area (Å²) in [5.41, 5.74) is 1.51. The number of rotatable bonds is 0. The van der Waals surface area contributed by atoms with Gasteiger partial charge in [0.15, 0.2) is 0 Å². The standard InChI is InChI=1S/C10H20N2/c1-8-6-9(2,3)12(11)10(4,5)7-8/h6H,7,11H2,1-5H3. The Morgan fingerprint density at radius 3 is 2.25 bits per heavy atom. The molecule has 0 saturated heterocycles. The smallest absolute Gasteiger partial charge is 0.0483 e. The molecule has 1 aliphatic rings. The number of hydrogen-bond acceptors (Lipinski definition) is 2. The number of hydrogen-bond donors (Lipinski definition) is 1. The Morgan fingerprint density at radius 1 is 1.33 bits per heavy atom. The van der Waals surface area contributed by atoms with Crippen molar-refractivity contribution in [2.24, 2.45) is 5.84 Å². The quantitative estimate of drug-likeness (QED) is 0.443. The van der Waals surface area contributed by atoms with E-state index in [-0.39, 0.29) is 11.1 Å². The predicted molar refractivity (Wildman–Crippen MR) is 52.6 cm³/mol. The van der Waals surface area contributed by atoms with Crippen LogP contribution in [0.5, 0.6) is 0 Å². The van der Waals surface area contributed by atoms with Crippen LogP contribution in [-0.4, -0.2) is 16.1 Å². The molecule has 1 heterocycles. The fraction of sp³-hybridized carbons (Fsp3) is 0.800. The van der Waals surface area contributed by atoms with Gasteiger partial charge in [0.05, 0.1) is 0 Å². The van der Waals surface area contributed by atoms with Gasteiger partial charge in [0.25, 0.3) is 0 Å². The van der Waals surface area contributed by atoms with Crippen LogP contribution in [0.2, 0.25) is 0 Å². The third-order valence-electron chi connectivity index (χ3n) is 2.58. The lowest BCUT2D eigenvalue weighted by Gasteiger charge is -2.48. The Hall–Kier alpha value is -0.340. The van der Waals surface area contributed by atoms with Gasteiger partial charge in [-0.2, -0.15) is 0 Å². The van der Waals surface area contributed by atoms with Crippen LogP contribution in [0.3, 0.4) is 0 Å². The van der Waals surface area contributed by atoms with Crippen LogP contribution in [0.15, 0.2) is 11.6 Å². The average Bonchev–Trinajstić information content (AvgIpc) is 1.80. The molecule has 0 aromatic rings. The van der Waals surface area contributed by atoms with Crippen molar-refractivity contribution in [3.8, 4) is 0 Å². The third kappa shape index (κ3) is 1.54. The van der Waals surface area contributed by atoms with Crippen LogP contribution in [0.4, 0.5) is 0 Å². The van der Waals surface area contributed by atoms with Gasteiger partial charge in [-0.15, -0.1) is 0 Å². The fourth-order valence-corrected chi connectivity index (χ4v) is 2.27. The van der Waals surface area contributed by atoms with Gasteiger partial charge >= 0.3 is 0 Å². The Balaban J connectivity index is 3.02. The summed E-state index contributed by atoms with van der Waals surface area (Å²) in [6.07, 6.45) is 3.31. The van der Waals surface area contributed by atoms with E-state index in [9.17, 15) is 0 Å². The van der Waals surface area contributed by atoms with E-state index in [0.29, 0.717) is 0 Å².